The summed E-state index contributed by atoms with van der Waals surface area (Å²) in [6.45, 7) is 11.9. The maximum atomic E-state index is 5.70. The fourth-order valence-electron chi connectivity index (χ4n) is 3.64. The minimum absolute atomic E-state index is 0.603. The molecule has 0 saturated carbocycles. The number of nitrogens with zero attached hydrogens (tertiary/aromatic N) is 3. The number of guanidine groups is 1. The Bertz CT molecular complexity index is 370. The van der Waals surface area contributed by atoms with Crippen LogP contribution in [0.2, 0.25) is 0 Å². The Labute approximate surface area is 153 Å². The molecule has 1 atom stereocenters. The van der Waals surface area contributed by atoms with Crippen LogP contribution in [-0.2, 0) is 9.47 Å². The van der Waals surface area contributed by atoms with Crippen LogP contribution in [0.5, 0.6) is 0 Å². The van der Waals surface area contributed by atoms with Gasteiger partial charge in [-0.15, -0.1) is 0 Å². The van der Waals surface area contributed by atoms with Gasteiger partial charge in [-0.05, 0) is 39.3 Å². The number of nitrogens with one attached hydrogen (secondary N) is 1. The summed E-state index contributed by atoms with van der Waals surface area (Å²) in [6, 6.07) is 0. The van der Waals surface area contributed by atoms with E-state index in [1.165, 1.54) is 45.2 Å². The highest BCUT2D eigenvalue weighted by Crippen LogP contribution is 2.16. The van der Waals surface area contributed by atoms with Gasteiger partial charge in [-0.3, -0.25) is 4.99 Å². The van der Waals surface area contributed by atoms with Crippen molar-refractivity contribution in [1.29, 1.82) is 0 Å². The van der Waals surface area contributed by atoms with Gasteiger partial charge in [-0.2, -0.15) is 0 Å². The minimum Gasteiger partial charge on any atom is -0.382 e. The van der Waals surface area contributed by atoms with Crippen LogP contribution in [0, 0.1) is 5.92 Å². The molecule has 1 N–H and O–H groups in total. The Kier molecular flexibility index (Phi) is 10.2. The molecule has 0 aromatic rings. The van der Waals surface area contributed by atoms with E-state index in [1.54, 1.807) is 7.11 Å². The molecule has 0 aliphatic carbocycles. The second kappa shape index (κ2) is 12.5. The number of ether oxygens (including phenoxy) is 2. The van der Waals surface area contributed by atoms with Gasteiger partial charge in [-0.1, -0.05) is 12.8 Å². The molecular formula is C19H38N4O2. The average Bonchev–Trinajstić information content (AvgIpc) is 2.93. The summed E-state index contributed by atoms with van der Waals surface area (Å²) in [4.78, 5) is 9.87. The van der Waals surface area contributed by atoms with Gasteiger partial charge in [0.15, 0.2) is 5.96 Å². The molecular weight excluding hydrogens is 316 g/mol. The number of aliphatic imine (C=N–C) groups is 1. The van der Waals surface area contributed by atoms with E-state index in [-0.39, 0.29) is 0 Å². The number of likely N-dealkylation sites (tertiary alicyclic amines) is 2. The van der Waals surface area contributed by atoms with Gasteiger partial charge in [0.1, 0.15) is 0 Å². The van der Waals surface area contributed by atoms with Crippen LogP contribution in [0.25, 0.3) is 0 Å². The lowest BCUT2D eigenvalue weighted by Gasteiger charge is -2.23. The third-order valence-corrected chi connectivity index (χ3v) is 5.08. The van der Waals surface area contributed by atoms with Gasteiger partial charge >= 0.3 is 0 Å². The van der Waals surface area contributed by atoms with Gasteiger partial charge < -0.3 is 24.6 Å². The first kappa shape index (κ1) is 20.5. The van der Waals surface area contributed by atoms with E-state index in [1.807, 2.05) is 0 Å². The average molecular weight is 355 g/mol. The van der Waals surface area contributed by atoms with Crippen LogP contribution in [0.15, 0.2) is 4.99 Å². The van der Waals surface area contributed by atoms with E-state index in [9.17, 15) is 0 Å². The van der Waals surface area contributed by atoms with Crippen molar-refractivity contribution in [1.82, 2.24) is 15.1 Å². The fourth-order valence-corrected chi connectivity index (χ4v) is 3.64. The van der Waals surface area contributed by atoms with Crippen LogP contribution in [0.4, 0.5) is 0 Å². The Balaban J connectivity index is 1.73. The van der Waals surface area contributed by atoms with Gasteiger partial charge in [0.2, 0.25) is 0 Å². The van der Waals surface area contributed by atoms with Gasteiger partial charge in [0, 0.05) is 39.2 Å². The number of hydrogen-bond donors (Lipinski definition) is 1. The second-order valence-corrected chi connectivity index (χ2v) is 7.16. The molecule has 2 saturated heterocycles. The van der Waals surface area contributed by atoms with E-state index in [0.717, 1.165) is 45.3 Å². The fraction of sp³-hybridized carbons (Fsp3) is 0.947. The summed E-state index contributed by atoms with van der Waals surface area (Å²) in [5.74, 6) is 1.68. The van der Waals surface area contributed by atoms with Crippen molar-refractivity contribution in [3.8, 4) is 0 Å². The monoisotopic (exact) mass is 354 g/mol. The number of hydrogen-bond acceptors (Lipinski definition) is 4. The van der Waals surface area contributed by atoms with Crippen molar-refractivity contribution in [3.05, 3.63) is 0 Å². The largest absolute Gasteiger partial charge is 0.382 e. The number of methoxy groups -OCH3 is 1. The second-order valence-electron chi connectivity index (χ2n) is 7.16. The molecule has 0 amide bonds. The minimum atomic E-state index is 0.603. The van der Waals surface area contributed by atoms with Crippen molar-refractivity contribution < 1.29 is 9.47 Å². The van der Waals surface area contributed by atoms with Crippen LogP contribution >= 0.6 is 0 Å². The van der Waals surface area contributed by atoms with E-state index < -0.39 is 0 Å². The van der Waals surface area contributed by atoms with Crippen molar-refractivity contribution >= 4 is 5.96 Å². The van der Waals surface area contributed by atoms with Crippen LogP contribution in [-0.4, -0.2) is 88.5 Å². The van der Waals surface area contributed by atoms with E-state index in [4.69, 9.17) is 14.5 Å². The summed E-state index contributed by atoms with van der Waals surface area (Å²) in [5, 5.41) is 3.47. The van der Waals surface area contributed by atoms with Crippen molar-refractivity contribution in [2.24, 2.45) is 10.9 Å². The summed E-state index contributed by atoms with van der Waals surface area (Å²) in [6.07, 6.45) is 6.67. The lowest BCUT2D eigenvalue weighted by Crippen LogP contribution is -2.41. The standard InChI is InChI=1S/C19H38N4O2/c1-3-20-19(21-9-13-22-10-6-4-5-7-11-22)23-12-8-18(16-23)17-25-15-14-24-2/h18H,3-17H2,1-2H3,(H,20,21). The topological polar surface area (TPSA) is 49.3 Å². The SMILES string of the molecule is CCNC(=NCCN1CCCCCC1)N1CCC(COCCOC)C1. The molecule has 146 valence electrons. The molecule has 0 aromatic carbocycles. The zero-order valence-corrected chi connectivity index (χ0v) is 16.3. The molecule has 2 aliphatic heterocycles. The van der Waals surface area contributed by atoms with Crippen LogP contribution in [0.1, 0.15) is 39.0 Å². The Morgan fingerprint density at radius 2 is 1.92 bits per heavy atom. The summed E-state index contributed by atoms with van der Waals surface area (Å²) in [7, 11) is 1.71. The first-order valence-corrected chi connectivity index (χ1v) is 10.2. The molecule has 0 radical (unpaired) electrons. The van der Waals surface area contributed by atoms with E-state index in [2.05, 4.69) is 22.0 Å². The Hall–Kier alpha value is -0.850. The third-order valence-electron chi connectivity index (χ3n) is 5.08. The Morgan fingerprint density at radius 1 is 1.12 bits per heavy atom. The summed E-state index contributed by atoms with van der Waals surface area (Å²) >= 11 is 0. The predicted octanol–water partition coefficient (Wildman–Crippen LogP) is 1.81. The Morgan fingerprint density at radius 3 is 2.64 bits per heavy atom. The summed E-state index contributed by atoms with van der Waals surface area (Å²) in [5.41, 5.74) is 0. The first-order chi connectivity index (χ1) is 12.3. The molecule has 2 fully saturated rings. The highest BCUT2D eigenvalue weighted by atomic mass is 16.5. The zero-order valence-electron chi connectivity index (χ0n) is 16.3. The highest BCUT2D eigenvalue weighted by Gasteiger charge is 2.25. The van der Waals surface area contributed by atoms with E-state index in [0.29, 0.717) is 19.1 Å². The normalized spacial score (nSPS) is 23.0. The van der Waals surface area contributed by atoms with Crippen molar-refractivity contribution in [2.45, 2.75) is 39.0 Å². The molecule has 0 spiro atoms. The molecule has 2 heterocycles. The third kappa shape index (κ3) is 7.92. The molecule has 1 unspecified atom stereocenters. The molecule has 0 aromatic heterocycles. The lowest BCUT2D eigenvalue weighted by molar-refractivity contribution is 0.0536. The molecule has 25 heavy (non-hydrogen) atoms. The van der Waals surface area contributed by atoms with Crippen LogP contribution in [0.3, 0.4) is 0 Å². The zero-order chi connectivity index (χ0) is 17.7. The molecule has 2 rings (SSSR count). The first-order valence-electron chi connectivity index (χ1n) is 10.2. The molecule has 0 bridgehead atoms. The lowest BCUT2D eigenvalue weighted by atomic mass is 10.1. The van der Waals surface area contributed by atoms with E-state index >= 15 is 0 Å². The maximum Gasteiger partial charge on any atom is 0.193 e. The maximum absolute atomic E-state index is 5.70. The summed E-state index contributed by atoms with van der Waals surface area (Å²) < 4.78 is 10.7. The number of rotatable bonds is 9. The molecule has 2 aliphatic rings. The highest BCUT2D eigenvalue weighted by molar-refractivity contribution is 5.80. The van der Waals surface area contributed by atoms with Gasteiger partial charge in [-0.25, -0.2) is 0 Å². The van der Waals surface area contributed by atoms with Crippen molar-refractivity contribution in [2.75, 3.05) is 72.7 Å². The molecule has 6 heteroatoms. The molecule has 6 nitrogen and oxygen atoms in total. The van der Waals surface area contributed by atoms with Crippen molar-refractivity contribution in [3.63, 3.8) is 0 Å². The van der Waals surface area contributed by atoms with Gasteiger partial charge in [0.25, 0.3) is 0 Å². The quantitative estimate of drug-likeness (QED) is 0.389. The van der Waals surface area contributed by atoms with Gasteiger partial charge in [0.05, 0.1) is 26.4 Å². The van der Waals surface area contributed by atoms with Crippen LogP contribution < -0.4 is 5.32 Å². The smallest absolute Gasteiger partial charge is 0.193 e. The predicted molar refractivity (Wildman–Crippen MR) is 103 cm³/mol.